The summed E-state index contributed by atoms with van der Waals surface area (Å²) in [5.41, 5.74) is 6.76. The van der Waals surface area contributed by atoms with Gasteiger partial charge in [-0.1, -0.05) is 26.2 Å². The van der Waals surface area contributed by atoms with Gasteiger partial charge in [0.15, 0.2) is 0 Å². The predicted octanol–water partition coefficient (Wildman–Crippen LogP) is 1.50. The van der Waals surface area contributed by atoms with Crippen molar-refractivity contribution in [3.63, 3.8) is 0 Å². The van der Waals surface area contributed by atoms with Gasteiger partial charge in [0.25, 0.3) is 0 Å². The Morgan fingerprint density at radius 1 is 1.58 bits per heavy atom. The van der Waals surface area contributed by atoms with E-state index >= 15 is 0 Å². The van der Waals surface area contributed by atoms with Crippen molar-refractivity contribution in [2.45, 2.75) is 51.1 Å². The average molecular weight is 264 g/mol. The van der Waals surface area contributed by atoms with Crippen LogP contribution in [0.2, 0.25) is 0 Å². The first kappa shape index (κ1) is 14.1. The van der Waals surface area contributed by atoms with Gasteiger partial charge in [0.1, 0.15) is 6.04 Å². The molecule has 0 bridgehead atoms. The Balaban J connectivity index is 1.96. The van der Waals surface area contributed by atoms with Crippen molar-refractivity contribution in [2.24, 2.45) is 18.7 Å². The second-order valence-corrected chi connectivity index (χ2v) is 5.49. The molecule has 2 rings (SSSR count). The third-order valence-corrected chi connectivity index (χ3v) is 4.13. The van der Waals surface area contributed by atoms with Crippen molar-refractivity contribution in [1.82, 2.24) is 15.1 Å². The Morgan fingerprint density at radius 3 is 2.95 bits per heavy atom. The molecular formula is C14H24N4O. The maximum atomic E-state index is 12.2. The van der Waals surface area contributed by atoms with Gasteiger partial charge in [0.2, 0.25) is 5.91 Å². The van der Waals surface area contributed by atoms with E-state index < -0.39 is 6.04 Å². The lowest BCUT2D eigenvalue weighted by atomic mass is 9.82. The summed E-state index contributed by atoms with van der Waals surface area (Å²) in [6.45, 7) is 2.19. The number of nitrogens with zero attached hydrogens (tertiary/aromatic N) is 2. The van der Waals surface area contributed by atoms with Crippen molar-refractivity contribution < 1.29 is 4.79 Å². The summed E-state index contributed by atoms with van der Waals surface area (Å²) < 4.78 is 1.66. The number of nitrogens with one attached hydrogen (secondary N) is 1. The SMILES string of the molecule is CCC1CCCCC1NC(=O)C(N)c1cnn(C)c1. The van der Waals surface area contributed by atoms with E-state index in [0.717, 1.165) is 18.4 Å². The van der Waals surface area contributed by atoms with Crippen LogP contribution in [0.25, 0.3) is 0 Å². The van der Waals surface area contributed by atoms with Gasteiger partial charge in [-0.05, 0) is 18.8 Å². The number of hydrogen-bond acceptors (Lipinski definition) is 3. The van der Waals surface area contributed by atoms with E-state index in [1.807, 2.05) is 7.05 Å². The Kier molecular flexibility index (Phi) is 4.58. The molecule has 1 aromatic rings. The van der Waals surface area contributed by atoms with E-state index in [2.05, 4.69) is 17.3 Å². The van der Waals surface area contributed by atoms with E-state index in [9.17, 15) is 4.79 Å². The van der Waals surface area contributed by atoms with E-state index in [-0.39, 0.29) is 11.9 Å². The molecule has 3 atom stereocenters. The number of aryl methyl sites for hydroxylation is 1. The third-order valence-electron chi connectivity index (χ3n) is 4.13. The maximum absolute atomic E-state index is 12.2. The molecular weight excluding hydrogens is 240 g/mol. The Labute approximate surface area is 114 Å². The molecule has 1 aromatic heterocycles. The van der Waals surface area contributed by atoms with Crippen LogP contribution in [-0.2, 0) is 11.8 Å². The van der Waals surface area contributed by atoms with Crippen molar-refractivity contribution in [1.29, 1.82) is 0 Å². The summed E-state index contributed by atoms with van der Waals surface area (Å²) in [5.74, 6) is 0.511. The highest BCUT2D eigenvalue weighted by Gasteiger charge is 2.27. The molecule has 1 amide bonds. The number of hydrogen-bond donors (Lipinski definition) is 2. The highest BCUT2D eigenvalue weighted by molar-refractivity contribution is 5.83. The molecule has 106 valence electrons. The maximum Gasteiger partial charge on any atom is 0.241 e. The Bertz CT molecular complexity index is 429. The number of nitrogens with two attached hydrogens (primary N) is 1. The fraction of sp³-hybridized carbons (Fsp3) is 0.714. The number of aromatic nitrogens is 2. The van der Waals surface area contributed by atoms with Crippen LogP contribution in [-0.4, -0.2) is 21.7 Å². The summed E-state index contributed by atoms with van der Waals surface area (Å²) >= 11 is 0. The monoisotopic (exact) mass is 264 g/mol. The zero-order valence-electron chi connectivity index (χ0n) is 11.8. The summed E-state index contributed by atoms with van der Waals surface area (Å²) in [5, 5.41) is 7.18. The molecule has 1 heterocycles. The van der Waals surface area contributed by atoms with E-state index in [4.69, 9.17) is 5.73 Å². The molecule has 5 nitrogen and oxygen atoms in total. The summed E-state index contributed by atoms with van der Waals surface area (Å²) in [6, 6.07) is -0.331. The topological polar surface area (TPSA) is 72.9 Å². The van der Waals surface area contributed by atoms with E-state index in [1.165, 1.54) is 19.3 Å². The number of amides is 1. The minimum atomic E-state index is -0.617. The lowest BCUT2D eigenvalue weighted by Gasteiger charge is -2.32. The quantitative estimate of drug-likeness (QED) is 0.865. The van der Waals surface area contributed by atoms with Gasteiger partial charge in [0, 0.05) is 24.8 Å². The van der Waals surface area contributed by atoms with Crippen LogP contribution in [0.15, 0.2) is 12.4 Å². The van der Waals surface area contributed by atoms with E-state index in [0.29, 0.717) is 5.92 Å². The van der Waals surface area contributed by atoms with Crippen molar-refractivity contribution >= 4 is 5.91 Å². The van der Waals surface area contributed by atoms with Crippen molar-refractivity contribution in [3.05, 3.63) is 18.0 Å². The fourth-order valence-corrected chi connectivity index (χ4v) is 2.91. The van der Waals surface area contributed by atoms with Crippen LogP contribution in [0.1, 0.15) is 50.6 Å². The molecule has 1 aliphatic rings. The first-order valence-electron chi connectivity index (χ1n) is 7.16. The number of carbonyl (C=O) groups is 1. The smallest absolute Gasteiger partial charge is 0.241 e. The molecule has 5 heteroatoms. The normalized spacial score (nSPS) is 25.0. The highest BCUT2D eigenvalue weighted by Crippen LogP contribution is 2.27. The minimum Gasteiger partial charge on any atom is -0.351 e. The van der Waals surface area contributed by atoms with Crippen LogP contribution in [0.4, 0.5) is 0 Å². The largest absolute Gasteiger partial charge is 0.351 e. The molecule has 0 aliphatic heterocycles. The van der Waals surface area contributed by atoms with Gasteiger partial charge in [-0.2, -0.15) is 5.10 Å². The fourth-order valence-electron chi connectivity index (χ4n) is 2.91. The third kappa shape index (κ3) is 3.35. The second-order valence-electron chi connectivity index (χ2n) is 5.49. The molecule has 0 radical (unpaired) electrons. The molecule has 0 spiro atoms. The molecule has 0 saturated heterocycles. The Hall–Kier alpha value is -1.36. The summed E-state index contributed by atoms with van der Waals surface area (Å²) in [7, 11) is 1.82. The lowest BCUT2D eigenvalue weighted by molar-refractivity contribution is -0.123. The molecule has 1 fully saturated rings. The molecule has 0 aromatic carbocycles. The highest BCUT2D eigenvalue weighted by atomic mass is 16.2. The standard InChI is InChI=1S/C14H24N4O/c1-3-10-6-4-5-7-12(10)17-14(19)13(15)11-8-16-18(2)9-11/h8-10,12-13H,3-7,15H2,1-2H3,(H,17,19). The molecule has 3 unspecified atom stereocenters. The number of rotatable bonds is 4. The number of carbonyl (C=O) groups excluding carboxylic acids is 1. The van der Waals surface area contributed by atoms with Crippen LogP contribution >= 0.6 is 0 Å². The van der Waals surface area contributed by atoms with Crippen LogP contribution in [0, 0.1) is 5.92 Å². The van der Waals surface area contributed by atoms with Gasteiger partial charge in [-0.3, -0.25) is 9.48 Å². The van der Waals surface area contributed by atoms with E-state index in [1.54, 1.807) is 17.1 Å². The summed E-state index contributed by atoms with van der Waals surface area (Å²) in [4.78, 5) is 12.2. The van der Waals surface area contributed by atoms with Crippen molar-refractivity contribution in [3.8, 4) is 0 Å². The van der Waals surface area contributed by atoms with Gasteiger partial charge in [-0.15, -0.1) is 0 Å². The second kappa shape index (κ2) is 6.19. The zero-order valence-corrected chi connectivity index (χ0v) is 11.8. The molecule has 1 aliphatic carbocycles. The van der Waals surface area contributed by atoms with Gasteiger partial charge >= 0.3 is 0 Å². The summed E-state index contributed by atoms with van der Waals surface area (Å²) in [6.07, 6.45) is 9.33. The van der Waals surface area contributed by atoms with Gasteiger partial charge in [-0.25, -0.2) is 0 Å². The molecule has 19 heavy (non-hydrogen) atoms. The first-order chi connectivity index (χ1) is 9.11. The van der Waals surface area contributed by atoms with Gasteiger partial charge in [0.05, 0.1) is 6.20 Å². The Morgan fingerprint density at radius 2 is 2.32 bits per heavy atom. The van der Waals surface area contributed by atoms with Crippen molar-refractivity contribution in [2.75, 3.05) is 0 Å². The van der Waals surface area contributed by atoms with Crippen LogP contribution in [0.5, 0.6) is 0 Å². The van der Waals surface area contributed by atoms with Crippen LogP contribution < -0.4 is 11.1 Å². The lowest BCUT2D eigenvalue weighted by Crippen LogP contribution is -2.45. The van der Waals surface area contributed by atoms with Crippen LogP contribution in [0.3, 0.4) is 0 Å². The molecule has 1 saturated carbocycles. The predicted molar refractivity (Wildman–Crippen MR) is 74.3 cm³/mol. The van der Waals surface area contributed by atoms with Gasteiger partial charge < -0.3 is 11.1 Å². The first-order valence-corrected chi connectivity index (χ1v) is 7.16. The minimum absolute atomic E-state index is 0.0849. The zero-order chi connectivity index (χ0) is 13.8. The molecule has 3 N–H and O–H groups in total. The average Bonchev–Trinajstić information content (AvgIpc) is 2.85.